The Morgan fingerprint density at radius 2 is 2.21 bits per heavy atom. The summed E-state index contributed by atoms with van der Waals surface area (Å²) in [5, 5.41) is 0. The van der Waals surface area contributed by atoms with Gasteiger partial charge in [0.2, 0.25) is 0 Å². The Morgan fingerprint density at radius 1 is 1.43 bits per heavy atom. The zero-order valence-electron chi connectivity index (χ0n) is 7.25. The van der Waals surface area contributed by atoms with E-state index in [2.05, 4.69) is 0 Å². The van der Waals surface area contributed by atoms with E-state index >= 15 is 0 Å². The molecule has 1 unspecified atom stereocenters. The van der Waals surface area contributed by atoms with Crippen molar-refractivity contribution in [1.82, 2.24) is 0 Å². The molecule has 1 saturated heterocycles. The van der Waals surface area contributed by atoms with Gasteiger partial charge in [0.25, 0.3) is 0 Å². The fraction of sp³-hybridized carbons (Fsp3) is 0.300. The van der Waals surface area contributed by atoms with Crippen LogP contribution in [0.15, 0.2) is 12.1 Å². The largest absolute Gasteiger partial charge is 0.457 e. The molecule has 0 bridgehead atoms. The van der Waals surface area contributed by atoms with Crippen LogP contribution in [0.25, 0.3) is 0 Å². The second-order valence-corrected chi connectivity index (χ2v) is 3.43. The van der Waals surface area contributed by atoms with Gasteiger partial charge in [-0.05, 0) is 17.7 Å². The summed E-state index contributed by atoms with van der Waals surface area (Å²) in [5.41, 5.74) is 1.49. The van der Waals surface area contributed by atoms with Crippen LogP contribution in [0, 0.1) is 5.82 Å². The van der Waals surface area contributed by atoms with Crippen LogP contribution in [0.4, 0.5) is 4.39 Å². The molecule has 0 aromatic heterocycles. The quantitative estimate of drug-likeness (QED) is 0.503. The molecule has 2 aliphatic rings. The second-order valence-electron chi connectivity index (χ2n) is 3.43. The first-order chi connectivity index (χ1) is 6.75. The smallest absolute Gasteiger partial charge is 0.341 e. The maximum absolute atomic E-state index is 13.4. The third-order valence-corrected chi connectivity index (χ3v) is 2.46. The van der Waals surface area contributed by atoms with Gasteiger partial charge in [0.1, 0.15) is 24.1 Å². The molecule has 0 aliphatic carbocycles. The van der Waals surface area contributed by atoms with E-state index in [1.807, 2.05) is 0 Å². The summed E-state index contributed by atoms with van der Waals surface area (Å²) in [6.07, 6.45) is 0.00509. The van der Waals surface area contributed by atoms with Crippen LogP contribution >= 0.6 is 0 Å². The summed E-state index contributed by atoms with van der Waals surface area (Å²) in [7, 11) is 0. The summed E-state index contributed by atoms with van der Waals surface area (Å²) in [4.78, 5) is 11.1. The average Bonchev–Trinajstić information content (AvgIpc) is 2.92. The van der Waals surface area contributed by atoms with Crippen LogP contribution in [0.5, 0.6) is 0 Å². The van der Waals surface area contributed by atoms with Crippen LogP contribution in [0.1, 0.15) is 27.6 Å². The molecule has 3 rings (SSSR count). The zero-order valence-corrected chi connectivity index (χ0v) is 7.25. The summed E-state index contributed by atoms with van der Waals surface area (Å²) >= 11 is 0. The third-order valence-electron chi connectivity index (χ3n) is 2.46. The van der Waals surface area contributed by atoms with Gasteiger partial charge in [-0.2, -0.15) is 0 Å². The minimum atomic E-state index is -0.569. The summed E-state index contributed by atoms with van der Waals surface area (Å²) in [6, 6.07) is 3.13. The Balaban J connectivity index is 2.15. The number of hydrogen-bond donors (Lipinski definition) is 0. The maximum atomic E-state index is 13.4. The van der Waals surface area contributed by atoms with Gasteiger partial charge in [0, 0.05) is 5.56 Å². The lowest BCUT2D eigenvalue weighted by molar-refractivity contribution is 0.0532. The molecule has 1 fully saturated rings. The van der Waals surface area contributed by atoms with Crippen LogP contribution in [-0.4, -0.2) is 12.6 Å². The number of carbonyl (C=O) groups is 1. The first-order valence-electron chi connectivity index (χ1n) is 4.37. The first-order valence-corrected chi connectivity index (χ1v) is 4.37. The number of epoxide rings is 1. The second kappa shape index (κ2) is 2.54. The predicted molar refractivity (Wildman–Crippen MR) is 44.2 cm³/mol. The van der Waals surface area contributed by atoms with E-state index in [-0.39, 0.29) is 18.3 Å². The number of cyclic esters (lactones) is 1. The van der Waals surface area contributed by atoms with Crippen molar-refractivity contribution in [1.29, 1.82) is 0 Å². The fourth-order valence-electron chi connectivity index (χ4n) is 1.67. The highest BCUT2D eigenvalue weighted by Crippen LogP contribution is 2.34. The number of halogens is 1. The van der Waals surface area contributed by atoms with Crippen molar-refractivity contribution >= 4 is 5.97 Å². The number of rotatable bonds is 1. The van der Waals surface area contributed by atoms with Crippen molar-refractivity contribution in [3.05, 3.63) is 34.6 Å². The fourth-order valence-corrected chi connectivity index (χ4v) is 1.67. The van der Waals surface area contributed by atoms with E-state index < -0.39 is 11.8 Å². The van der Waals surface area contributed by atoms with Crippen molar-refractivity contribution in [2.75, 3.05) is 6.61 Å². The highest BCUT2D eigenvalue weighted by Gasteiger charge is 2.31. The molecule has 0 N–H and O–H groups in total. The minimum Gasteiger partial charge on any atom is -0.457 e. The molecule has 72 valence electrons. The third kappa shape index (κ3) is 1.04. The van der Waals surface area contributed by atoms with Crippen LogP contribution < -0.4 is 0 Å². The van der Waals surface area contributed by atoms with E-state index in [9.17, 15) is 9.18 Å². The predicted octanol–water partition coefficient (Wildman–Crippen LogP) is 1.57. The molecule has 1 aromatic carbocycles. The molecular weight excluding hydrogens is 187 g/mol. The monoisotopic (exact) mass is 194 g/mol. The Labute approximate surface area is 79.4 Å². The molecule has 1 atom stereocenters. The standard InChI is InChI=1S/C10H7FO3/c11-7-2-5(8-4-13-8)1-6-3-14-10(12)9(6)7/h1-2,8H,3-4H2. The molecule has 3 nitrogen and oxygen atoms in total. The Kier molecular flexibility index (Phi) is 1.44. The van der Waals surface area contributed by atoms with Crippen LogP contribution in [0.3, 0.4) is 0 Å². The van der Waals surface area contributed by atoms with Crippen molar-refractivity contribution in [3.8, 4) is 0 Å². The van der Waals surface area contributed by atoms with Crippen molar-refractivity contribution in [2.24, 2.45) is 0 Å². The van der Waals surface area contributed by atoms with Gasteiger partial charge in [-0.1, -0.05) is 0 Å². The number of carbonyl (C=O) groups excluding carboxylic acids is 1. The molecule has 4 heteroatoms. The molecule has 2 heterocycles. The average molecular weight is 194 g/mol. The topological polar surface area (TPSA) is 38.8 Å². The normalized spacial score (nSPS) is 23.2. The summed E-state index contributed by atoms with van der Waals surface area (Å²) in [6.45, 7) is 0.804. The number of ether oxygens (including phenoxy) is 2. The highest BCUT2D eigenvalue weighted by atomic mass is 19.1. The van der Waals surface area contributed by atoms with Gasteiger partial charge in [-0.15, -0.1) is 0 Å². The van der Waals surface area contributed by atoms with Crippen molar-refractivity contribution < 1.29 is 18.7 Å². The van der Waals surface area contributed by atoms with Gasteiger partial charge in [0.15, 0.2) is 0 Å². The van der Waals surface area contributed by atoms with Gasteiger partial charge >= 0.3 is 5.97 Å². The van der Waals surface area contributed by atoms with E-state index in [4.69, 9.17) is 9.47 Å². The lowest BCUT2D eigenvalue weighted by Gasteiger charge is -2.00. The molecule has 1 aromatic rings. The van der Waals surface area contributed by atoms with Crippen molar-refractivity contribution in [2.45, 2.75) is 12.7 Å². The highest BCUT2D eigenvalue weighted by molar-refractivity contribution is 5.93. The van der Waals surface area contributed by atoms with E-state index in [1.54, 1.807) is 6.07 Å². The molecule has 2 aliphatic heterocycles. The number of fused-ring (bicyclic) bond motifs is 1. The number of benzene rings is 1. The summed E-state index contributed by atoms with van der Waals surface area (Å²) in [5.74, 6) is -1.07. The van der Waals surface area contributed by atoms with Crippen LogP contribution in [0.2, 0.25) is 0 Å². The molecule has 0 spiro atoms. The number of esters is 1. The molecule has 0 radical (unpaired) electrons. The Hall–Kier alpha value is -1.42. The maximum Gasteiger partial charge on any atom is 0.341 e. The van der Waals surface area contributed by atoms with Crippen LogP contribution in [-0.2, 0) is 16.1 Å². The number of hydrogen-bond acceptors (Lipinski definition) is 3. The van der Waals surface area contributed by atoms with Gasteiger partial charge in [0.05, 0.1) is 6.61 Å². The lowest BCUT2D eigenvalue weighted by Crippen LogP contribution is -1.99. The minimum absolute atomic E-state index is 0.00509. The lowest BCUT2D eigenvalue weighted by atomic mass is 10.0. The zero-order chi connectivity index (χ0) is 9.71. The van der Waals surface area contributed by atoms with Gasteiger partial charge in [-0.25, -0.2) is 9.18 Å². The van der Waals surface area contributed by atoms with Crippen molar-refractivity contribution in [3.63, 3.8) is 0 Å². The molecule has 0 saturated carbocycles. The van der Waals surface area contributed by atoms with Gasteiger partial charge in [-0.3, -0.25) is 0 Å². The molecular formula is C10H7FO3. The van der Waals surface area contributed by atoms with E-state index in [1.165, 1.54) is 6.07 Å². The molecule has 14 heavy (non-hydrogen) atoms. The Morgan fingerprint density at radius 3 is 2.93 bits per heavy atom. The van der Waals surface area contributed by atoms with Gasteiger partial charge < -0.3 is 9.47 Å². The van der Waals surface area contributed by atoms with E-state index in [0.717, 1.165) is 5.56 Å². The summed E-state index contributed by atoms with van der Waals surface area (Å²) < 4.78 is 23.2. The van der Waals surface area contributed by atoms with E-state index in [0.29, 0.717) is 12.2 Å². The Bertz CT molecular complexity index is 424. The first kappa shape index (κ1) is 7.94. The SMILES string of the molecule is O=C1OCc2cc(C3CO3)cc(F)c21. The molecule has 0 amide bonds.